The van der Waals surface area contributed by atoms with Crippen LogP contribution in [0.3, 0.4) is 0 Å². The highest BCUT2D eigenvalue weighted by molar-refractivity contribution is 5.84. The molecule has 0 bridgehead atoms. The molecule has 3 aromatic rings. The summed E-state index contributed by atoms with van der Waals surface area (Å²) < 4.78 is 5.01. The molecule has 1 fully saturated rings. The lowest BCUT2D eigenvalue weighted by Crippen LogP contribution is -2.48. The highest BCUT2D eigenvalue weighted by Gasteiger charge is 2.22. The van der Waals surface area contributed by atoms with Crippen molar-refractivity contribution in [3.05, 3.63) is 47.7 Å². The van der Waals surface area contributed by atoms with Gasteiger partial charge in [-0.2, -0.15) is 4.98 Å². The van der Waals surface area contributed by atoms with Crippen LogP contribution in [0.5, 0.6) is 0 Å². The van der Waals surface area contributed by atoms with Crippen molar-refractivity contribution in [3.63, 3.8) is 0 Å². The quantitative estimate of drug-likeness (QED) is 0.760. The molecule has 0 saturated carbocycles. The number of hydrogen-bond donors (Lipinski definition) is 1. The van der Waals surface area contributed by atoms with Gasteiger partial charge in [-0.05, 0) is 18.1 Å². The van der Waals surface area contributed by atoms with Gasteiger partial charge in [-0.25, -0.2) is 0 Å². The van der Waals surface area contributed by atoms with Crippen LogP contribution < -0.4 is 0 Å². The van der Waals surface area contributed by atoms with E-state index in [1.54, 1.807) is 6.92 Å². The van der Waals surface area contributed by atoms with Gasteiger partial charge < -0.3 is 14.4 Å². The van der Waals surface area contributed by atoms with Crippen molar-refractivity contribution in [1.29, 1.82) is 0 Å². The van der Waals surface area contributed by atoms with Crippen molar-refractivity contribution in [2.45, 2.75) is 26.3 Å². The van der Waals surface area contributed by atoms with Crippen LogP contribution in [0, 0.1) is 6.92 Å². The topological polar surface area (TPSA) is 78.3 Å². The number of piperazine rings is 1. The first-order chi connectivity index (χ1) is 12.7. The van der Waals surface area contributed by atoms with E-state index in [-0.39, 0.29) is 5.91 Å². The molecule has 136 valence electrons. The summed E-state index contributed by atoms with van der Waals surface area (Å²) in [6, 6.07) is 8.21. The van der Waals surface area contributed by atoms with Crippen molar-refractivity contribution in [3.8, 4) is 0 Å². The second-order valence-corrected chi connectivity index (χ2v) is 6.75. The number of rotatable bonds is 5. The lowest BCUT2D eigenvalue weighted by Gasteiger charge is -2.34. The highest BCUT2D eigenvalue weighted by Crippen LogP contribution is 2.19. The van der Waals surface area contributed by atoms with E-state index in [1.165, 1.54) is 10.9 Å². The summed E-state index contributed by atoms with van der Waals surface area (Å²) >= 11 is 0. The molecule has 26 heavy (non-hydrogen) atoms. The van der Waals surface area contributed by atoms with E-state index in [1.807, 2.05) is 23.2 Å². The molecule has 0 aliphatic carbocycles. The Morgan fingerprint density at radius 3 is 2.81 bits per heavy atom. The number of H-pyrrole nitrogens is 1. The molecule has 1 aliphatic heterocycles. The number of hydrogen-bond acceptors (Lipinski definition) is 5. The summed E-state index contributed by atoms with van der Waals surface area (Å²) in [5.41, 5.74) is 2.33. The normalized spacial score (nSPS) is 15.7. The monoisotopic (exact) mass is 353 g/mol. The summed E-state index contributed by atoms with van der Waals surface area (Å²) in [6.45, 7) is 5.65. The fourth-order valence-corrected chi connectivity index (χ4v) is 3.50. The highest BCUT2D eigenvalue weighted by atomic mass is 16.5. The summed E-state index contributed by atoms with van der Waals surface area (Å²) in [5.74, 6) is 1.53. The minimum Gasteiger partial charge on any atom is -0.361 e. The van der Waals surface area contributed by atoms with Crippen molar-refractivity contribution in [2.75, 3.05) is 26.2 Å². The molecule has 3 heterocycles. The molecule has 4 rings (SSSR count). The maximum Gasteiger partial charge on any atom is 0.223 e. The van der Waals surface area contributed by atoms with Gasteiger partial charge in [-0.3, -0.25) is 9.69 Å². The largest absolute Gasteiger partial charge is 0.361 e. The number of nitrogens with zero attached hydrogens (tertiary/aromatic N) is 4. The number of benzene rings is 1. The van der Waals surface area contributed by atoms with Crippen LogP contribution in [0.4, 0.5) is 0 Å². The van der Waals surface area contributed by atoms with Crippen molar-refractivity contribution in [2.24, 2.45) is 0 Å². The fourth-order valence-electron chi connectivity index (χ4n) is 3.50. The van der Waals surface area contributed by atoms with Gasteiger partial charge in [0, 0.05) is 56.6 Å². The second kappa shape index (κ2) is 7.29. The van der Waals surface area contributed by atoms with E-state index in [2.05, 4.69) is 32.2 Å². The van der Waals surface area contributed by atoms with Gasteiger partial charge in [-0.15, -0.1) is 0 Å². The Labute approximate surface area is 152 Å². The minimum atomic E-state index is 0.227. The Kier molecular flexibility index (Phi) is 4.71. The Morgan fingerprint density at radius 2 is 2.04 bits per heavy atom. The first-order valence-electron chi connectivity index (χ1n) is 9.03. The van der Waals surface area contributed by atoms with Gasteiger partial charge in [0.2, 0.25) is 11.8 Å². The summed E-state index contributed by atoms with van der Waals surface area (Å²) in [6.07, 6.45) is 3.33. The number of aryl methyl sites for hydroxylation is 2. The third-order valence-corrected chi connectivity index (χ3v) is 4.94. The number of amides is 1. The summed E-state index contributed by atoms with van der Waals surface area (Å²) in [7, 11) is 0. The summed E-state index contributed by atoms with van der Waals surface area (Å²) in [4.78, 5) is 24.3. The number of carbonyl (C=O) groups is 1. The van der Waals surface area contributed by atoms with Crippen LogP contribution in [0.1, 0.15) is 23.7 Å². The smallest absolute Gasteiger partial charge is 0.223 e. The molecule has 0 unspecified atom stereocenters. The zero-order chi connectivity index (χ0) is 17.9. The fraction of sp³-hybridized carbons (Fsp3) is 0.421. The Morgan fingerprint density at radius 1 is 1.23 bits per heavy atom. The third kappa shape index (κ3) is 3.62. The number of aromatic nitrogens is 3. The first kappa shape index (κ1) is 16.8. The SMILES string of the molecule is Cc1nc(CN2CCN(C(=O)CCc3c[nH]c4ccccc34)CC2)no1. The molecular formula is C19H23N5O2. The zero-order valence-electron chi connectivity index (χ0n) is 14.9. The van der Waals surface area contributed by atoms with Gasteiger partial charge in [-0.1, -0.05) is 23.4 Å². The van der Waals surface area contributed by atoms with Crippen LogP contribution in [-0.2, 0) is 17.8 Å². The molecule has 1 aliphatic rings. The number of aromatic amines is 1. The molecular weight excluding hydrogens is 330 g/mol. The lowest BCUT2D eigenvalue weighted by molar-refractivity contribution is -0.133. The van der Waals surface area contributed by atoms with E-state index < -0.39 is 0 Å². The van der Waals surface area contributed by atoms with E-state index in [4.69, 9.17) is 4.52 Å². The standard InChI is InChI=1S/C19H23N5O2/c1-14-21-18(22-26-14)13-23-8-10-24(11-9-23)19(25)7-6-15-12-20-17-5-3-2-4-16(15)17/h2-5,12,20H,6-11,13H2,1H3. The lowest BCUT2D eigenvalue weighted by atomic mass is 10.1. The van der Waals surface area contributed by atoms with E-state index in [9.17, 15) is 4.79 Å². The average molecular weight is 353 g/mol. The number of fused-ring (bicyclic) bond motifs is 1. The average Bonchev–Trinajstić information content (AvgIpc) is 3.26. The van der Waals surface area contributed by atoms with Crippen LogP contribution >= 0.6 is 0 Å². The van der Waals surface area contributed by atoms with Crippen molar-refractivity contribution < 1.29 is 9.32 Å². The summed E-state index contributed by atoms with van der Waals surface area (Å²) in [5, 5.41) is 5.14. The zero-order valence-corrected chi connectivity index (χ0v) is 14.9. The molecule has 2 aromatic heterocycles. The van der Waals surface area contributed by atoms with Crippen LogP contribution in [0.25, 0.3) is 10.9 Å². The molecule has 1 aromatic carbocycles. The van der Waals surface area contributed by atoms with Crippen LogP contribution in [-0.4, -0.2) is 57.0 Å². The van der Waals surface area contributed by atoms with Gasteiger partial charge in [0.1, 0.15) is 0 Å². The predicted octanol–water partition coefficient (Wildman–Crippen LogP) is 2.14. The van der Waals surface area contributed by atoms with E-state index >= 15 is 0 Å². The first-order valence-corrected chi connectivity index (χ1v) is 9.03. The molecule has 7 nitrogen and oxygen atoms in total. The Hall–Kier alpha value is -2.67. The number of carbonyl (C=O) groups excluding carboxylic acids is 1. The van der Waals surface area contributed by atoms with Crippen LogP contribution in [0.15, 0.2) is 35.0 Å². The van der Waals surface area contributed by atoms with E-state index in [0.29, 0.717) is 24.7 Å². The van der Waals surface area contributed by atoms with Crippen molar-refractivity contribution in [1.82, 2.24) is 24.9 Å². The molecule has 1 N–H and O–H groups in total. The van der Waals surface area contributed by atoms with Gasteiger partial charge in [0.25, 0.3) is 0 Å². The van der Waals surface area contributed by atoms with E-state index in [0.717, 1.165) is 38.1 Å². The number of nitrogens with one attached hydrogen (secondary N) is 1. The second-order valence-electron chi connectivity index (χ2n) is 6.75. The van der Waals surface area contributed by atoms with Gasteiger partial charge in [0.15, 0.2) is 5.82 Å². The maximum absolute atomic E-state index is 12.6. The molecule has 0 radical (unpaired) electrons. The van der Waals surface area contributed by atoms with Gasteiger partial charge >= 0.3 is 0 Å². The number of para-hydroxylation sites is 1. The maximum atomic E-state index is 12.6. The molecule has 1 amide bonds. The molecule has 0 spiro atoms. The Balaban J connectivity index is 1.27. The van der Waals surface area contributed by atoms with Crippen molar-refractivity contribution >= 4 is 16.8 Å². The third-order valence-electron chi connectivity index (χ3n) is 4.94. The Bertz CT molecular complexity index is 892. The van der Waals surface area contributed by atoms with Crippen LogP contribution in [0.2, 0.25) is 0 Å². The van der Waals surface area contributed by atoms with Gasteiger partial charge in [0.05, 0.1) is 6.54 Å². The predicted molar refractivity (Wildman–Crippen MR) is 97.5 cm³/mol. The molecule has 1 saturated heterocycles. The molecule has 0 atom stereocenters. The minimum absolute atomic E-state index is 0.227. The molecule has 7 heteroatoms.